The van der Waals surface area contributed by atoms with Crippen molar-refractivity contribution in [3.63, 3.8) is 0 Å². The van der Waals surface area contributed by atoms with Crippen molar-refractivity contribution in [3.8, 4) is 0 Å². The third-order valence-electron chi connectivity index (χ3n) is 5.52. The number of rotatable bonds is 12. The number of benzene rings is 3. The number of para-hydroxylation sites is 1. The van der Waals surface area contributed by atoms with Gasteiger partial charge in [0.05, 0.1) is 0 Å². The molecule has 0 heterocycles. The van der Waals surface area contributed by atoms with Crippen molar-refractivity contribution in [1.82, 2.24) is 0 Å². The van der Waals surface area contributed by atoms with Crippen LogP contribution in [0.3, 0.4) is 0 Å². The molecule has 1 N–H and O–H groups in total. The lowest BCUT2D eigenvalue weighted by Gasteiger charge is -2.11. The topological polar surface area (TPSA) is 12.0 Å². The van der Waals surface area contributed by atoms with Crippen molar-refractivity contribution >= 4 is 23.5 Å². The zero-order valence-electron chi connectivity index (χ0n) is 18.3. The first kappa shape index (κ1) is 21.9. The van der Waals surface area contributed by atoms with Gasteiger partial charge < -0.3 is 5.32 Å². The van der Waals surface area contributed by atoms with E-state index >= 15 is 0 Å². The van der Waals surface area contributed by atoms with Crippen LogP contribution in [-0.2, 0) is 6.42 Å². The van der Waals surface area contributed by atoms with Gasteiger partial charge in [-0.1, -0.05) is 118 Å². The molecular formula is C29H35N. The summed E-state index contributed by atoms with van der Waals surface area (Å²) >= 11 is 0. The van der Waals surface area contributed by atoms with Gasteiger partial charge in [0, 0.05) is 11.4 Å². The van der Waals surface area contributed by atoms with E-state index in [-0.39, 0.29) is 0 Å². The summed E-state index contributed by atoms with van der Waals surface area (Å²) < 4.78 is 0. The molecule has 0 saturated carbocycles. The van der Waals surface area contributed by atoms with Gasteiger partial charge in [-0.2, -0.15) is 0 Å². The quantitative estimate of drug-likeness (QED) is 0.238. The maximum Gasteiger partial charge on any atom is 0.0457 e. The molecule has 0 fully saturated rings. The van der Waals surface area contributed by atoms with E-state index < -0.39 is 0 Å². The molecule has 0 bridgehead atoms. The molecular weight excluding hydrogens is 362 g/mol. The fourth-order valence-electron chi connectivity index (χ4n) is 3.70. The molecule has 0 saturated heterocycles. The van der Waals surface area contributed by atoms with Crippen molar-refractivity contribution in [3.05, 3.63) is 95.6 Å². The van der Waals surface area contributed by atoms with Gasteiger partial charge in [-0.05, 0) is 47.7 Å². The van der Waals surface area contributed by atoms with Gasteiger partial charge in [-0.3, -0.25) is 0 Å². The number of unbranched alkanes of at least 4 members (excludes halogenated alkanes) is 6. The van der Waals surface area contributed by atoms with Gasteiger partial charge in [0.2, 0.25) is 0 Å². The van der Waals surface area contributed by atoms with Crippen LogP contribution in [0, 0.1) is 0 Å². The van der Waals surface area contributed by atoms with Gasteiger partial charge in [0.1, 0.15) is 0 Å². The van der Waals surface area contributed by atoms with Crippen LogP contribution < -0.4 is 5.32 Å². The smallest absolute Gasteiger partial charge is 0.0457 e. The zero-order valence-corrected chi connectivity index (χ0v) is 18.3. The highest BCUT2D eigenvalue weighted by molar-refractivity contribution is 5.78. The van der Waals surface area contributed by atoms with Gasteiger partial charge >= 0.3 is 0 Å². The van der Waals surface area contributed by atoms with Crippen molar-refractivity contribution in [2.24, 2.45) is 0 Å². The molecule has 0 aliphatic heterocycles. The highest BCUT2D eigenvalue weighted by Gasteiger charge is 2.01. The fraction of sp³-hybridized carbons (Fsp3) is 0.310. The Morgan fingerprint density at radius 3 is 2.07 bits per heavy atom. The Morgan fingerprint density at radius 2 is 1.30 bits per heavy atom. The first-order valence-electron chi connectivity index (χ1n) is 11.5. The van der Waals surface area contributed by atoms with Crippen LogP contribution in [0.25, 0.3) is 12.2 Å². The molecule has 3 aromatic carbocycles. The molecule has 0 aliphatic carbocycles. The summed E-state index contributed by atoms with van der Waals surface area (Å²) in [5, 5.41) is 3.58. The molecule has 0 aromatic heterocycles. The standard InChI is InChI=1S/C29H35N/c1-2-3-4-5-6-7-9-16-26-20-23-28(24-21-26)30-29-18-13-12-17-27(29)22-19-25-14-10-8-11-15-25/h8,10-15,17-24,30H,2-7,9,16H2,1H3. The van der Waals surface area contributed by atoms with E-state index in [0.29, 0.717) is 0 Å². The highest BCUT2D eigenvalue weighted by Crippen LogP contribution is 2.23. The van der Waals surface area contributed by atoms with Gasteiger partial charge in [-0.15, -0.1) is 0 Å². The normalized spacial score (nSPS) is 11.1. The minimum absolute atomic E-state index is 1.13. The maximum atomic E-state index is 3.58. The third-order valence-corrected chi connectivity index (χ3v) is 5.52. The second-order valence-corrected chi connectivity index (χ2v) is 8.02. The lowest BCUT2D eigenvalue weighted by Crippen LogP contribution is -1.93. The average molecular weight is 398 g/mol. The van der Waals surface area contributed by atoms with Crippen molar-refractivity contribution < 1.29 is 0 Å². The predicted octanol–water partition coefficient (Wildman–Crippen LogP) is 8.89. The molecule has 3 rings (SSSR count). The summed E-state index contributed by atoms with van der Waals surface area (Å²) in [7, 11) is 0. The monoisotopic (exact) mass is 397 g/mol. The van der Waals surface area contributed by atoms with Crippen LogP contribution >= 0.6 is 0 Å². The summed E-state index contributed by atoms with van der Waals surface area (Å²) in [6, 6.07) is 27.8. The molecule has 0 radical (unpaired) electrons. The Labute approximate surface area is 182 Å². The van der Waals surface area contributed by atoms with Crippen LogP contribution in [0.1, 0.15) is 68.6 Å². The lowest BCUT2D eigenvalue weighted by atomic mass is 10.0. The molecule has 1 heteroatoms. The molecule has 0 unspecified atom stereocenters. The Bertz CT molecular complexity index is 878. The number of anilines is 2. The average Bonchev–Trinajstić information content (AvgIpc) is 2.80. The van der Waals surface area contributed by atoms with E-state index in [0.717, 1.165) is 11.4 Å². The summed E-state index contributed by atoms with van der Waals surface area (Å²) in [5.41, 5.74) is 6.10. The number of hydrogen-bond acceptors (Lipinski definition) is 1. The first-order valence-corrected chi connectivity index (χ1v) is 11.5. The van der Waals surface area contributed by atoms with Crippen LogP contribution in [0.4, 0.5) is 11.4 Å². The molecule has 0 amide bonds. The molecule has 156 valence electrons. The molecule has 0 spiro atoms. The predicted molar refractivity (Wildman–Crippen MR) is 133 cm³/mol. The van der Waals surface area contributed by atoms with Crippen molar-refractivity contribution in [2.45, 2.75) is 58.3 Å². The van der Waals surface area contributed by atoms with Gasteiger partial charge in [0.25, 0.3) is 0 Å². The van der Waals surface area contributed by atoms with E-state index in [1.165, 1.54) is 68.1 Å². The highest BCUT2D eigenvalue weighted by atomic mass is 14.9. The zero-order chi connectivity index (χ0) is 20.9. The number of aryl methyl sites for hydroxylation is 1. The second-order valence-electron chi connectivity index (χ2n) is 8.02. The summed E-state index contributed by atoms with van der Waals surface area (Å²) in [4.78, 5) is 0. The van der Waals surface area contributed by atoms with E-state index in [2.05, 4.69) is 97.2 Å². The van der Waals surface area contributed by atoms with Crippen LogP contribution in [0.15, 0.2) is 78.9 Å². The van der Waals surface area contributed by atoms with Gasteiger partial charge in [0.15, 0.2) is 0 Å². The lowest BCUT2D eigenvalue weighted by molar-refractivity contribution is 0.589. The van der Waals surface area contributed by atoms with E-state index in [1.807, 2.05) is 6.07 Å². The largest absolute Gasteiger partial charge is 0.355 e. The molecule has 1 nitrogen and oxygen atoms in total. The Kier molecular flexibility index (Phi) is 9.27. The summed E-state index contributed by atoms with van der Waals surface area (Å²) in [6.07, 6.45) is 15.1. The number of hydrogen-bond donors (Lipinski definition) is 1. The molecule has 0 aliphatic rings. The first-order chi connectivity index (χ1) is 14.8. The maximum absolute atomic E-state index is 3.58. The SMILES string of the molecule is CCCCCCCCCc1ccc(Nc2ccccc2C=Cc2ccccc2)cc1. The van der Waals surface area contributed by atoms with Crippen LogP contribution in [0.2, 0.25) is 0 Å². The van der Waals surface area contributed by atoms with Crippen molar-refractivity contribution in [1.29, 1.82) is 0 Å². The van der Waals surface area contributed by atoms with E-state index in [9.17, 15) is 0 Å². The minimum atomic E-state index is 1.13. The minimum Gasteiger partial charge on any atom is -0.355 e. The van der Waals surface area contributed by atoms with E-state index in [1.54, 1.807) is 0 Å². The van der Waals surface area contributed by atoms with Crippen LogP contribution in [-0.4, -0.2) is 0 Å². The summed E-state index contributed by atoms with van der Waals surface area (Å²) in [6.45, 7) is 2.28. The Morgan fingerprint density at radius 1 is 0.633 bits per heavy atom. The fourth-order valence-corrected chi connectivity index (χ4v) is 3.70. The van der Waals surface area contributed by atoms with Gasteiger partial charge in [-0.25, -0.2) is 0 Å². The molecule has 3 aromatic rings. The molecule has 30 heavy (non-hydrogen) atoms. The second kappa shape index (κ2) is 12.7. The number of nitrogens with one attached hydrogen (secondary N) is 1. The Hall–Kier alpha value is -2.80. The Balaban J connectivity index is 1.51. The van der Waals surface area contributed by atoms with Crippen LogP contribution in [0.5, 0.6) is 0 Å². The summed E-state index contributed by atoms with van der Waals surface area (Å²) in [5.74, 6) is 0. The van der Waals surface area contributed by atoms with Crippen molar-refractivity contribution in [2.75, 3.05) is 5.32 Å². The third kappa shape index (κ3) is 7.55. The van der Waals surface area contributed by atoms with E-state index in [4.69, 9.17) is 0 Å². The molecule has 0 atom stereocenters.